The van der Waals surface area contributed by atoms with Crippen LogP contribution in [0, 0.1) is 0 Å². The van der Waals surface area contributed by atoms with E-state index in [1.807, 2.05) is 6.92 Å². The fraction of sp³-hybridized carbons (Fsp3) is 0.538. The van der Waals surface area contributed by atoms with Crippen molar-refractivity contribution in [2.24, 2.45) is 4.99 Å². The predicted octanol–water partition coefficient (Wildman–Crippen LogP) is 0.715. The van der Waals surface area contributed by atoms with Crippen molar-refractivity contribution in [2.45, 2.75) is 13.5 Å². The van der Waals surface area contributed by atoms with Crippen LogP contribution < -0.4 is 16.0 Å². The first-order valence-corrected chi connectivity index (χ1v) is 6.56. The highest BCUT2D eigenvalue weighted by atomic mass is 127. The Hall–Kier alpha value is -1.29. The largest absolute Gasteiger partial charge is 0.467 e. The second-order valence-electron chi connectivity index (χ2n) is 3.97. The Balaban J connectivity index is 0.00000400. The smallest absolute Gasteiger partial charge is 0.242 e. The van der Waals surface area contributed by atoms with E-state index in [-0.39, 0.29) is 36.4 Å². The Morgan fingerprint density at radius 2 is 2.19 bits per heavy atom. The van der Waals surface area contributed by atoms with Gasteiger partial charge in [0, 0.05) is 20.2 Å². The highest BCUT2D eigenvalue weighted by molar-refractivity contribution is 14.0. The lowest BCUT2D eigenvalue weighted by atomic mass is 10.4. The van der Waals surface area contributed by atoms with E-state index in [0.717, 1.165) is 6.54 Å². The number of nitrogens with one attached hydrogen (secondary N) is 3. The van der Waals surface area contributed by atoms with Gasteiger partial charge in [-0.3, -0.25) is 4.79 Å². The molecular formula is C13H23IN4O3. The van der Waals surface area contributed by atoms with Gasteiger partial charge in [0.2, 0.25) is 5.91 Å². The zero-order valence-corrected chi connectivity index (χ0v) is 14.7. The first kappa shape index (κ1) is 19.7. The summed E-state index contributed by atoms with van der Waals surface area (Å²) < 4.78 is 10.1. The van der Waals surface area contributed by atoms with E-state index in [9.17, 15) is 4.79 Å². The number of hydrogen-bond acceptors (Lipinski definition) is 4. The van der Waals surface area contributed by atoms with Gasteiger partial charge in [0.25, 0.3) is 0 Å². The number of amides is 1. The number of carbonyl (C=O) groups is 1. The molecule has 21 heavy (non-hydrogen) atoms. The molecule has 8 heteroatoms. The number of carbonyl (C=O) groups excluding carboxylic acids is 1. The number of guanidine groups is 1. The molecule has 0 radical (unpaired) electrons. The van der Waals surface area contributed by atoms with Crippen LogP contribution in [0.15, 0.2) is 27.8 Å². The second kappa shape index (κ2) is 12.5. The lowest BCUT2D eigenvalue weighted by Gasteiger charge is -2.10. The monoisotopic (exact) mass is 410 g/mol. The zero-order valence-electron chi connectivity index (χ0n) is 12.3. The molecule has 0 saturated carbocycles. The molecule has 0 spiro atoms. The van der Waals surface area contributed by atoms with Gasteiger partial charge in [0.1, 0.15) is 12.3 Å². The van der Waals surface area contributed by atoms with E-state index >= 15 is 0 Å². The summed E-state index contributed by atoms with van der Waals surface area (Å²) in [5, 5.41) is 8.84. The molecule has 7 nitrogen and oxygen atoms in total. The van der Waals surface area contributed by atoms with Crippen LogP contribution in [0.2, 0.25) is 0 Å². The van der Waals surface area contributed by atoms with Gasteiger partial charge in [-0.1, -0.05) is 0 Å². The van der Waals surface area contributed by atoms with Gasteiger partial charge in [-0.15, -0.1) is 24.0 Å². The van der Waals surface area contributed by atoms with Crippen molar-refractivity contribution in [1.29, 1.82) is 0 Å². The highest BCUT2D eigenvalue weighted by Crippen LogP contribution is 1.98. The van der Waals surface area contributed by atoms with Crippen molar-refractivity contribution in [3.8, 4) is 0 Å². The molecule has 120 valence electrons. The molecule has 0 aromatic carbocycles. The van der Waals surface area contributed by atoms with Gasteiger partial charge in [-0.05, 0) is 19.1 Å². The molecule has 0 aliphatic rings. The summed E-state index contributed by atoms with van der Waals surface area (Å²) in [5.74, 6) is 1.15. The summed E-state index contributed by atoms with van der Waals surface area (Å²) >= 11 is 0. The van der Waals surface area contributed by atoms with Crippen molar-refractivity contribution in [2.75, 3.05) is 33.4 Å². The minimum atomic E-state index is -0.162. The Bertz CT molecular complexity index is 410. The van der Waals surface area contributed by atoms with E-state index in [1.165, 1.54) is 0 Å². The lowest BCUT2D eigenvalue weighted by molar-refractivity contribution is -0.119. The van der Waals surface area contributed by atoms with Gasteiger partial charge in [0.05, 0.1) is 19.4 Å². The van der Waals surface area contributed by atoms with E-state index in [4.69, 9.17) is 9.15 Å². The third-order valence-electron chi connectivity index (χ3n) is 2.36. The molecule has 0 unspecified atom stereocenters. The summed E-state index contributed by atoms with van der Waals surface area (Å²) in [6.45, 7) is 4.33. The maximum Gasteiger partial charge on any atom is 0.242 e. The van der Waals surface area contributed by atoms with E-state index < -0.39 is 0 Å². The van der Waals surface area contributed by atoms with Crippen molar-refractivity contribution >= 4 is 35.8 Å². The number of ether oxygens (including phenoxy) is 1. The molecule has 3 N–H and O–H groups in total. The summed E-state index contributed by atoms with van der Waals surface area (Å²) in [6, 6.07) is 3.59. The fourth-order valence-corrected chi connectivity index (χ4v) is 1.42. The van der Waals surface area contributed by atoms with Gasteiger partial charge in [0.15, 0.2) is 5.96 Å². The average Bonchev–Trinajstić information content (AvgIpc) is 2.96. The first-order valence-electron chi connectivity index (χ1n) is 6.56. The number of hydrogen-bond donors (Lipinski definition) is 3. The summed E-state index contributed by atoms with van der Waals surface area (Å²) in [4.78, 5) is 15.8. The van der Waals surface area contributed by atoms with Gasteiger partial charge in [-0.2, -0.15) is 0 Å². The summed E-state index contributed by atoms with van der Waals surface area (Å²) in [6.07, 6.45) is 1.57. The minimum Gasteiger partial charge on any atom is -0.467 e. The lowest BCUT2D eigenvalue weighted by Crippen LogP contribution is -2.39. The minimum absolute atomic E-state index is 0. The Morgan fingerprint density at radius 1 is 1.38 bits per heavy atom. The number of aliphatic imine (C=N–C) groups is 1. The fourth-order valence-electron chi connectivity index (χ4n) is 1.42. The van der Waals surface area contributed by atoms with E-state index in [2.05, 4.69) is 20.9 Å². The van der Waals surface area contributed by atoms with Crippen LogP contribution in [0.3, 0.4) is 0 Å². The van der Waals surface area contributed by atoms with Crippen LogP contribution in [-0.2, 0) is 16.1 Å². The van der Waals surface area contributed by atoms with Gasteiger partial charge in [-0.25, -0.2) is 4.99 Å². The number of halogens is 1. The van der Waals surface area contributed by atoms with Crippen LogP contribution in [0.4, 0.5) is 0 Å². The molecule has 0 atom stereocenters. The third kappa shape index (κ3) is 9.29. The molecule has 1 amide bonds. The predicted molar refractivity (Wildman–Crippen MR) is 91.8 cm³/mol. The van der Waals surface area contributed by atoms with Crippen LogP contribution >= 0.6 is 24.0 Å². The highest BCUT2D eigenvalue weighted by Gasteiger charge is 2.03. The Labute approximate surface area is 141 Å². The molecule has 0 saturated heterocycles. The standard InChI is InChI=1S/C13H22N4O3.HI/c1-3-14-13(15-6-8-19-2)17-10-12(18)16-9-11-5-4-7-20-11;/h4-5,7H,3,6,8-10H2,1-2H3,(H,16,18)(H2,14,15,17);1H. The number of rotatable bonds is 8. The SMILES string of the molecule is CCNC(=NCC(=O)NCc1ccco1)NCCOC.I. The average molecular weight is 410 g/mol. The topological polar surface area (TPSA) is 87.9 Å². The Kier molecular flexibility index (Phi) is 11.7. The van der Waals surface area contributed by atoms with Crippen molar-refractivity contribution < 1.29 is 13.9 Å². The molecule has 0 aliphatic carbocycles. The molecule has 0 fully saturated rings. The zero-order chi connectivity index (χ0) is 14.6. The normalized spacial score (nSPS) is 10.7. The second-order valence-corrected chi connectivity index (χ2v) is 3.97. The van der Waals surface area contributed by atoms with E-state index in [1.54, 1.807) is 25.5 Å². The Morgan fingerprint density at radius 3 is 2.81 bits per heavy atom. The molecule has 1 aromatic heterocycles. The summed E-state index contributed by atoms with van der Waals surface area (Å²) in [5.41, 5.74) is 0. The number of methoxy groups -OCH3 is 1. The number of nitrogens with zero attached hydrogens (tertiary/aromatic N) is 1. The molecule has 1 aromatic rings. The molecular weight excluding hydrogens is 387 g/mol. The van der Waals surface area contributed by atoms with Crippen molar-refractivity contribution in [1.82, 2.24) is 16.0 Å². The molecule has 0 aliphatic heterocycles. The number of furan rings is 1. The van der Waals surface area contributed by atoms with Crippen LogP contribution in [0.5, 0.6) is 0 Å². The molecule has 0 bridgehead atoms. The maximum absolute atomic E-state index is 11.6. The maximum atomic E-state index is 11.6. The third-order valence-corrected chi connectivity index (χ3v) is 2.36. The first-order chi connectivity index (χ1) is 9.76. The molecule has 1 rings (SSSR count). The van der Waals surface area contributed by atoms with Gasteiger partial charge < -0.3 is 25.1 Å². The van der Waals surface area contributed by atoms with Crippen LogP contribution in [-0.4, -0.2) is 45.2 Å². The van der Waals surface area contributed by atoms with E-state index in [0.29, 0.717) is 31.4 Å². The van der Waals surface area contributed by atoms with Crippen molar-refractivity contribution in [3.05, 3.63) is 24.2 Å². The van der Waals surface area contributed by atoms with Crippen molar-refractivity contribution in [3.63, 3.8) is 0 Å². The van der Waals surface area contributed by atoms with Gasteiger partial charge >= 0.3 is 0 Å². The summed E-state index contributed by atoms with van der Waals surface area (Å²) in [7, 11) is 1.63. The van der Waals surface area contributed by atoms with Crippen LogP contribution in [0.25, 0.3) is 0 Å². The molecule has 1 heterocycles. The van der Waals surface area contributed by atoms with Crippen LogP contribution in [0.1, 0.15) is 12.7 Å². The quantitative estimate of drug-likeness (QED) is 0.255.